The number of ether oxygens (including phenoxy) is 2. The highest BCUT2D eigenvalue weighted by Gasteiger charge is 2.11. The molecule has 8 heteroatoms. The Bertz CT molecular complexity index is 1430. The molecule has 4 aromatic rings. The maximum absolute atomic E-state index is 12.6. The fourth-order valence-electron chi connectivity index (χ4n) is 3.32. The molecule has 0 saturated carbocycles. The molecule has 8 nitrogen and oxygen atoms in total. The highest BCUT2D eigenvalue weighted by Crippen LogP contribution is 2.18. The lowest BCUT2D eigenvalue weighted by Crippen LogP contribution is -2.18. The van der Waals surface area contributed by atoms with Gasteiger partial charge in [-0.05, 0) is 66.7 Å². The van der Waals surface area contributed by atoms with Crippen LogP contribution in [0.2, 0.25) is 0 Å². The van der Waals surface area contributed by atoms with Gasteiger partial charge in [0.05, 0.1) is 18.9 Å². The van der Waals surface area contributed by atoms with Crippen LogP contribution in [-0.2, 0) is 0 Å². The highest BCUT2D eigenvalue weighted by atomic mass is 16.5. The molecule has 4 rings (SSSR count). The zero-order valence-corrected chi connectivity index (χ0v) is 19.9. The second-order valence-corrected chi connectivity index (χ2v) is 7.76. The zero-order valence-electron chi connectivity index (χ0n) is 19.9. The lowest BCUT2D eigenvalue weighted by molar-refractivity contribution is 0.0734. The molecule has 0 fully saturated rings. The molecule has 4 aromatic carbocycles. The standard InChI is InChI=1S/C29H23N3O5/c1-36-25-16-14-20(15-17-25)27(33)31-24-12-7-11-22(18-24)28(34)32-30-19-23-10-5-6-13-26(23)37-29(35)21-8-3-2-4-9-21/h2-19H,1H3,(H,31,33)(H,32,34). The molecule has 2 N–H and O–H groups in total. The molecule has 0 bridgehead atoms. The summed E-state index contributed by atoms with van der Waals surface area (Å²) >= 11 is 0. The predicted octanol–water partition coefficient (Wildman–Crippen LogP) is 4.93. The Kier molecular flexibility index (Phi) is 8.03. The maximum Gasteiger partial charge on any atom is 0.343 e. The van der Waals surface area contributed by atoms with E-state index in [2.05, 4.69) is 15.8 Å². The molecule has 0 spiro atoms. The van der Waals surface area contributed by atoms with Gasteiger partial charge < -0.3 is 14.8 Å². The third-order valence-corrected chi connectivity index (χ3v) is 5.24. The van der Waals surface area contributed by atoms with Crippen LogP contribution in [-0.4, -0.2) is 31.1 Å². The van der Waals surface area contributed by atoms with Gasteiger partial charge in [-0.3, -0.25) is 9.59 Å². The topological polar surface area (TPSA) is 106 Å². The molecule has 0 heterocycles. The number of anilines is 1. The van der Waals surface area contributed by atoms with Crippen molar-refractivity contribution < 1.29 is 23.9 Å². The summed E-state index contributed by atoms with van der Waals surface area (Å²) in [7, 11) is 1.55. The Morgan fingerprint density at radius 2 is 1.43 bits per heavy atom. The number of methoxy groups -OCH3 is 1. The molecule has 184 valence electrons. The lowest BCUT2D eigenvalue weighted by atomic mass is 10.1. The van der Waals surface area contributed by atoms with Gasteiger partial charge in [-0.2, -0.15) is 5.10 Å². The number of carbonyl (C=O) groups is 3. The smallest absolute Gasteiger partial charge is 0.343 e. The molecule has 0 saturated heterocycles. The Morgan fingerprint density at radius 3 is 2.19 bits per heavy atom. The number of hydrogen-bond acceptors (Lipinski definition) is 6. The monoisotopic (exact) mass is 493 g/mol. The van der Waals surface area contributed by atoms with Crippen molar-refractivity contribution in [2.75, 3.05) is 12.4 Å². The van der Waals surface area contributed by atoms with Crippen molar-refractivity contribution in [3.05, 3.63) is 125 Å². The average molecular weight is 494 g/mol. The first-order valence-corrected chi connectivity index (χ1v) is 11.3. The van der Waals surface area contributed by atoms with Crippen LogP contribution in [0.3, 0.4) is 0 Å². The number of hydrogen-bond donors (Lipinski definition) is 2. The van der Waals surface area contributed by atoms with E-state index in [1.165, 1.54) is 6.21 Å². The maximum atomic E-state index is 12.6. The Hall–Kier alpha value is -5.24. The van der Waals surface area contributed by atoms with Gasteiger partial charge in [-0.25, -0.2) is 10.2 Å². The van der Waals surface area contributed by atoms with Crippen LogP contribution in [0.5, 0.6) is 11.5 Å². The first-order valence-electron chi connectivity index (χ1n) is 11.3. The van der Waals surface area contributed by atoms with E-state index in [1.807, 2.05) is 6.07 Å². The van der Waals surface area contributed by atoms with Gasteiger partial charge in [0.25, 0.3) is 11.8 Å². The average Bonchev–Trinajstić information content (AvgIpc) is 2.94. The summed E-state index contributed by atoms with van der Waals surface area (Å²) in [5.41, 5.74) is 4.58. The fourth-order valence-corrected chi connectivity index (χ4v) is 3.32. The molecule has 0 aliphatic carbocycles. The first-order chi connectivity index (χ1) is 18.0. The van der Waals surface area contributed by atoms with E-state index in [9.17, 15) is 14.4 Å². The quantitative estimate of drug-likeness (QED) is 0.157. The summed E-state index contributed by atoms with van der Waals surface area (Å²) in [6, 6.07) is 28.6. The van der Waals surface area contributed by atoms with Crippen molar-refractivity contribution in [1.82, 2.24) is 5.43 Å². The molecular weight excluding hydrogens is 470 g/mol. The van der Waals surface area contributed by atoms with Crippen molar-refractivity contribution in [2.45, 2.75) is 0 Å². The Labute approximate surface area is 213 Å². The molecule has 0 atom stereocenters. The molecular formula is C29H23N3O5. The van der Waals surface area contributed by atoms with E-state index in [1.54, 1.807) is 104 Å². The van der Waals surface area contributed by atoms with Crippen LogP contribution in [0.15, 0.2) is 108 Å². The normalized spacial score (nSPS) is 10.5. The van der Waals surface area contributed by atoms with E-state index >= 15 is 0 Å². The number of carbonyl (C=O) groups excluding carboxylic acids is 3. The third-order valence-electron chi connectivity index (χ3n) is 5.24. The van der Waals surface area contributed by atoms with Crippen molar-refractivity contribution in [3.63, 3.8) is 0 Å². The van der Waals surface area contributed by atoms with Gasteiger partial charge in [0, 0.05) is 22.4 Å². The summed E-state index contributed by atoms with van der Waals surface area (Å²) < 4.78 is 10.6. The van der Waals surface area contributed by atoms with Gasteiger partial charge in [0.1, 0.15) is 11.5 Å². The van der Waals surface area contributed by atoms with Crippen LogP contribution in [0.4, 0.5) is 5.69 Å². The summed E-state index contributed by atoms with van der Waals surface area (Å²) in [4.78, 5) is 37.5. The summed E-state index contributed by atoms with van der Waals surface area (Å²) in [6.07, 6.45) is 1.39. The highest BCUT2D eigenvalue weighted by molar-refractivity contribution is 6.05. The van der Waals surface area contributed by atoms with Gasteiger partial charge in [-0.1, -0.05) is 36.4 Å². The molecule has 0 aromatic heterocycles. The number of benzene rings is 4. The van der Waals surface area contributed by atoms with Crippen LogP contribution in [0.1, 0.15) is 36.6 Å². The predicted molar refractivity (Wildman–Crippen MR) is 140 cm³/mol. The zero-order chi connectivity index (χ0) is 26.0. The molecule has 0 aliphatic rings. The van der Waals surface area contributed by atoms with E-state index in [0.29, 0.717) is 39.4 Å². The van der Waals surface area contributed by atoms with Crippen molar-refractivity contribution in [2.24, 2.45) is 5.10 Å². The fraction of sp³-hybridized carbons (Fsp3) is 0.0345. The number of nitrogens with zero attached hydrogens (tertiary/aromatic N) is 1. The van der Waals surface area contributed by atoms with E-state index in [0.717, 1.165) is 0 Å². The van der Waals surface area contributed by atoms with Crippen LogP contribution in [0, 0.1) is 0 Å². The van der Waals surface area contributed by atoms with E-state index < -0.39 is 11.9 Å². The minimum absolute atomic E-state index is 0.300. The summed E-state index contributed by atoms with van der Waals surface area (Å²) in [5, 5.41) is 6.76. The number of rotatable bonds is 8. The minimum Gasteiger partial charge on any atom is -0.497 e. The SMILES string of the molecule is COc1ccc(C(=O)Nc2cccc(C(=O)NN=Cc3ccccc3OC(=O)c3ccccc3)c2)cc1. The second kappa shape index (κ2) is 11.9. The molecule has 37 heavy (non-hydrogen) atoms. The molecule has 0 aliphatic heterocycles. The number of hydrazone groups is 1. The second-order valence-electron chi connectivity index (χ2n) is 7.76. The van der Waals surface area contributed by atoms with Crippen LogP contribution < -0.4 is 20.2 Å². The number of amides is 2. The van der Waals surface area contributed by atoms with E-state index in [4.69, 9.17) is 9.47 Å². The summed E-state index contributed by atoms with van der Waals surface area (Å²) in [6.45, 7) is 0. The van der Waals surface area contributed by atoms with Crippen LogP contribution >= 0.6 is 0 Å². The summed E-state index contributed by atoms with van der Waals surface area (Å²) in [5.74, 6) is -0.347. The largest absolute Gasteiger partial charge is 0.497 e. The lowest BCUT2D eigenvalue weighted by Gasteiger charge is -2.08. The molecule has 0 radical (unpaired) electrons. The number of para-hydroxylation sites is 1. The van der Waals surface area contributed by atoms with Crippen molar-refractivity contribution in [3.8, 4) is 11.5 Å². The number of esters is 1. The van der Waals surface area contributed by atoms with Gasteiger partial charge >= 0.3 is 5.97 Å². The van der Waals surface area contributed by atoms with Gasteiger partial charge in [0.15, 0.2) is 0 Å². The van der Waals surface area contributed by atoms with Crippen molar-refractivity contribution >= 4 is 29.7 Å². The Balaban J connectivity index is 1.39. The van der Waals surface area contributed by atoms with Gasteiger partial charge in [-0.15, -0.1) is 0 Å². The molecule has 0 unspecified atom stereocenters. The number of nitrogens with one attached hydrogen (secondary N) is 2. The minimum atomic E-state index is -0.501. The third kappa shape index (κ3) is 6.67. The Morgan fingerprint density at radius 1 is 0.730 bits per heavy atom. The van der Waals surface area contributed by atoms with Crippen LogP contribution in [0.25, 0.3) is 0 Å². The van der Waals surface area contributed by atoms with Crippen molar-refractivity contribution in [1.29, 1.82) is 0 Å². The molecule has 2 amide bonds. The first kappa shape index (κ1) is 24.9. The van der Waals surface area contributed by atoms with E-state index in [-0.39, 0.29) is 5.91 Å². The van der Waals surface area contributed by atoms with Gasteiger partial charge in [0.2, 0.25) is 0 Å².